The van der Waals surface area contributed by atoms with Gasteiger partial charge in [-0.25, -0.2) is 15.0 Å². The van der Waals surface area contributed by atoms with E-state index < -0.39 is 29.7 Å². The number of nitrogens with one attached hydrogen (secondary N) is 1. The first kappa shape index (κ1) is 25.5. The van der Waals surface area contributed by atoms with Gasteiger partial charge in [-0.05, 0) is 36.8 Å². The number of anilines is 2. The molecule has 0 saturated carbocycles. The summed E-state index contributed by atoms with van der Waals surface area (Å²) in [5.74, 6) is -0.624. The van der Waals surface area contributed by atoms with Gasteiger partial charge in [0.25, 0.3) is 5.91 Å². The second-order valence-electron chi connectivity index (χ2n) is 8.07. The van der Waals surface area contributed by atoms with Crippen LogP contribution in [-0.4, -0.2) is 51.2 Å². The average molecular weight is 529 g/mol. The fraction of sp³-hybridized carbons (Fsp3) is 0.273. The predicted octanol–water partition coefficient (Wildman–Crippen LogP) is 4.43. The molecule has 36 heavy (non-hydrogen) atoms. The summed E-state index contributed by atoms with van der Waals surface area (Å²) in [7, 11) is 0. The molecular weight excluding hydrogens is 511 g/mol. The molecule has 1 aliphatic heterocycles. The topological polar surface area (TPSA) is 106 Å². The Hall–Kier alpha value is -3.58. The summed E-state index contributed by atoms with van der Waals surface area (Å²) in [6.07, 6.45) is 0.462. The number of benzene rings is 1. The summed E-state index contributed by atoms with van der Waals surface area (Å²) in [6.45, 7) is -0.503. The maximum absolute atomic E-state index is 13.4. The minimum atomic E-state index is -4.60. The van der Waals surface area contributed by atoms with E-state index >= 15 is 0 Å². The monoisotopic (exact) mass is 528 g/mol. The van der Waals surface area contributed by atoms with Gasteiger partial charge in [-0.3, -0.25) is 4.79 Å². The highest BCUT2D eigenvalue weighted by molar-refractivity contribution is 6.20. The molecule has 1 unspecified atom stereocenters. The number of hydrogen-bond acceptors (Lipinski definition) is 7. The highest BCUT2D eigenvalue weighted by Gasteiger charge is 2.55. The number of carbonyl (C=O) groups excluding carboxylic acids is 1. The van der Waals surface area contributed by atoms with Crippen molar-refractivity contribution in [3.63, 3.8) is 0 Å². The van der Waals surface area contributed by atoms with Crippen LogP contribution in [0.1, 0.15) is 16.8 Å². The van der Waals surface area contributed by atoms with E-state index in [2.05, 4.69) is 25.0 Å². The zero-order valence-electron chi connectivity index (χ0n) is 18.3. The largest absolute Gasteiger partial charge is 0.487 e. The molecule has 4 rings (SSSR count). The summed E-state index contributed by atoms with van der Waals surface area (Å²) in [4.78, 5) is 26.4. The minimum Gasteiger partial charge on any atom is -0.420 e. The van der Waals surface area contributed by atoms with Gasteiger partial charge in [0.2, 0.25) is 0 Å². The number of ether oxygens (including phenoxy) is 1. The van der Waals surface area contributed by atoms with Crippen LogP contribution in [0.15, 0.2) is 55.2 Å². The lowest BCUT2D eigenvalue weighted by Crippen LogP contribution is -2.55. The summed E-state index contributed by atoms with van der Waals surface area (Å²) in [6, 6.07) is 6.48. The summed E-state index contributed by atoms with van der Waals surface area (Å²) in [5.41, 5.74) is 0.459. The van der Waals surface area contributed by atoms with E-state index in [4.69, 9.17) is 17.3 Å². The van der Waals surface area contributed by atoms with E-state index in [9.17, 15) is 26.7 Å². The van der Waals surface area contributed by atoms with Gasteiger partial charge in [-0.2, -0.15) is 13.2 Å². The fourth-order valence-electron chi connectivity index (χ4n) is 3.67. The Labute approximate surface area is 206 Å². The number of aromatic nitrogens is 3. The zero-order valence-corrected chi connectivity index (χ0v) is 19.0. The van der Waals surface area contributed by atoms with Crippen molar-refractivity contribution in [3.8, 4) is 16.9 Å². The molecular formula is C22H18ClF5N6O2. The lowest BCUT2D eigenvalue weighted by atomic mass is 10.00. The number of pyridine rings is 1. The fourth-order valence-corrected chi connectivity index (χ4v) is 3.76. The number of rotatable bonds is 6. The van der Waals surface area contributed by atoms with Crippen LogP contribution in [0.3, 0.4) is 0 Å². The van der Waals surface area contributed by atoms with Crippen LogP contribution in [0.5, 0.6) is 5.75 Å². The molecule has 3 heterocycles. The standard InChI is InChI=1S/C22H18ClF5N6O2/c23-22(27,28)36-16-3-1-15(2-4-16)33-19(35)13-7-17(14-8-30-12-31-9-14)18(32-10-13)34-6-5-20(29,11-34)21(24,25)26/h1-4,7-10,12H,5-6,11,29H2,(H,33,35). The quantitative estimate of drug-likeness (QED) is 0.360. The number of nitrogens with two attached hydrogens (primary N) is 1. The van der Waals surface area contributed by atoms with Crippen LogP contribution in [0.2, 0.25) is 0 Å². The van der Waals surface area contributed by atoms with E-state index in [1.165, 1.54) is 60.1 Å². The van der Waals surface area contributed by atoms with Gasteiger partial charge < -0.3 is 20.7 Å². The Morgan fingerprint density at radius 3 is 2.36 bits per heavy atom. The molecule has 2 aromatic heterocycles. The molecule has 3 aromatic rings. The molecule has 1 amide bonds. The molecule has 8 nitrogen and oxygen atoms in total. The zero-order chi connectivity index (χ0) is 26.1. The molecule has 1 saturated heterocycles. The average Bonchev–Trinajstić information content (AvgIpc) is 3.23. The van der Waals surface area contributed by atoms with E-state index in [0.717, 1.165) is 0 Å². The predicted molar refractivity (Wildman–Crippen MR) is 121 cm³/mol. The van der Waals surface area contributed by atoms with Crippen molar-refractivity contribution < 1.29 is 31.5 Å². The summed E-state index contributed by atoms with van der Waals surface area (Å²) >= 11 is 4.73. The molecule has 1 aliphatic rings. The smallest absolute Gasteiger partial charge is 0.420 e. The third-order valence-corrected chi connectivity index (χ3v) is 5.59. The van der Waals surface area contributed by atoms with E-state index in [1.54, 1.807) is 0 Å². The van der Waals surface area contributed by atoms with E-state index in [1.807, 2.05) is 0 Å². The van der Waals surface area contributed by atoms with Crippen LogP contribution in [-0.2, 0) is 0 Å². The van der Waals surface area contributed by atoms with Gasteiger partial charge in [0, 0.05) is 60.1 Å². The molecule has 0 aliphatic carbocycles. The van der Waals surface area contributed by atoms with Gasteiger partial charge in [0.15, 0.2) is 0 Å². The molecule has 0 bridgehead atoms. The second kappa shape index (κ2) is 9.47. The summed E-state index contributed by atoms with van der Waals surface area (Å²) in [5, 5.41) is 2.58. The number of carbonyl (C=O) groups is 1. The lowest BCUT2D eigenvalue weighted by molar-refractivity contribution is -0.179. The van der Waals surface area contributed by atoms with Gasteiger partial charge in [0.05, 0.1) is 5.56 Å². The number of alkyl halides is 6. The minimum absolute atomic E-state index is 0.00497. The Balaban J connectivity index is 1.60. The molecule has 14 heteroatoms. The van der Waals surface area contributed by atoms with E-state index in [0.29, 0.717) is 11.1 Å². The Bertz CT molecular complexity index is 1240. The molecule has 0 radical (unpaired) electrons. The van der Waals surface area contributed by atoms with Crippen molar-refractivity contribution in [2.45, 2.75) is 23.7 Å². The molecule has 3 N–H and O–H groups in total. The van der Waals surface area contributed by atoms with Crippen LogP contribution in [0.25, 0.3) is 11.1 Å². The highest BCUT2D eigenvalue weighted by Crippen LogP contribution is 2.39. The van der Waals surface area contributed by atoms with Gasteiger partial charge in [-0.1, -0.05) is 0 Å². The first-order valence-corrected chi connectivity index (χ1v) is 10.8. The van der Waals surface area contributed by atoms with Gasteiger partial charge >= 0.3 is 11.7 Å². The second-order valence-corrected chi connectivity index (χ2v) is 8.51. The lowest BCUT2D eigenvalue weighted by Gasteiger charge is -2.28. The number of amides is 1. The SMILES string of the molecule is NC1(C(F)(F)F)CCN(c2ncc(C(=O)Nc3ccc(OC(F)(F)Cl)cc3)cc2-c2cncnc2)C1. The van der Waals surface area contributed by atoms with Crippen molar-refractivity contribution in [1.29, 1.82) is 0 Å². The normalized spacial score (nSPS) is 18.2. The first-order chi connectivity index (χ1) is 16.8. The van der Waals surface area contributed by atoms with Crippen LogP contribution in [0.4, 0.5) is 33.5 Å². The Kier molecular flexibility index (Phi) is 6.71. The molecule has 0 spiro atoms. The molecule has 1 atom stereocenters. The maximum atomic E-state index is 13.4. The number of halogens is 6. The van der Waals surface area contributed by atoms with Crippen molar-refractivity contribution in [1.82, 2.24) is 15.0 Å². The van der Waals surface area contributed by atoms with Crippen molar-refractivity contribution in [2.75, 3.05) is 23.3 Å². The highest BCUT2D eigenvalue weighted by atomic mass is 35.5. The van der Waals surface area contributed by atoms with Crippen molar-refractivity contribution in [2.24, 2.45) is 5.73 Å². The van der Waals surface area contributed by atoms with Crippen molar-refractivity contribution >= 4 is 29.0 Å². The van der Waals surface area contributed by atoms with Gasteiger partial charge in [-0.15, -0.1) is 8.78 Å². The van der Waals surface area contributed by atoms with Crippen LogP contribution in [0, 0.1) is 0 Å². The Morgan fingerprint density at radius 1 is 1.11 bits per heavy atom. The summed E-state index contributed by atoms with van der Waals surface area (Å²) < 4.78 is 70.1. The number of nitrogens with zero attached hydrogens (tertiary/aromatic N) is 4. The third-order valence-electron chi connectivity index (χ3n) is 5.51. The van der Waals surface area contributed by atoms with Crippen LogP contribution < -0.4 is 20.7 Å². The first-order valence-electron chi connectivity index (χ1n) is 10.4. The number of hydrogen-bond donors (Lipinski definition) is 2. The maximum Gasteiger partial charge on any atom is 0.487 e. The molecule has 1 fully saturated rings. The van der Waals surface area contributed by atoms with Crippen molar-refractivity contribution in [3.05, 3.63) is 60.8 Å². The Morgan fingerprint density at radius 2 is 1.78 bits per heavy atom. The van der Waals surface area contributed by atoms with E-state index in [-0.39, 0.29) is 35.8 Å². The van der Waals surface area contributed by atoms with Gasteiger partial charge in [0.1, 0.15) is 23.4 Å². The molecule has 1 aromatic carbocycles. The third kappa shape index (κ3) is 5.62. The van der Waals surface area contributed by atoms with Crippen LogP contribution >= 0.6 is 11.6 Å². The molecule has 190 valence electrons.